The van der Waals surface area contributed by atoms with E-state index < -0.39 is 23.3 Å². The topological polar surface area (TPSA) is 110 Å². The Balaban J connectivity index is 1.53. The summed E-state index contributed by atoms with van der Waals surface area (Å²) in [5, 5.41) is 2.98. The van der Waals surface area contributed by atoms with Gasteiger partial charge in [0.25, 0.3) is 0 Å². The number of thiazole rings is 1. The first kappa shape index (κ1) is 29.1. The number of rotatable bonds is 5. The number of carbonyl (C=O) groups excluding carboxylic acids is 3. The van der Waals surface area contributed by atoms with E-state index in [1.165, 1.54) is 0 Å². The molecule has 0 saturated carbocycles. The van der Waals surface area contributed by atoms with E-state index in [0.29, 0.717) is 36.6 Å². The molecule has 3 rings (SSSR count). The summed E-state index contributed by atoms with van der Waals surface area (Å²) in [5.74, 6) is 6.51. The van der Waals surface area contributed by atoms with E-state index in [4.69, 9.17) is 14.5 Å². The van der Waals surface area contributed by atoms with Gasteiger partial charge in [-0.25, -0.2) is 20.0 Å². The van der Waals surface area contributed by atoms with Crippen LogP contribution in [0.15, 0.2) is 29.6 Å². The molecule has 10 heteroatoms. The van der Waals surface area contributed by atoms with E-state index in [0.717, 1.165) is 23.4 Å². The summed E-state index contributed by atoms with van der Waals surface area (Å²) in [6.07, 6.45) is 1.46. The molecule has 2 heterocycles. The molecule has 9 nitrogen and oxygen atoms in total. The number of hydrogen-bond donors (Lipinski definition) is 2. The molecule has 0 bridgehead atoms. The zero-order valence-corrected chi connectivity index (χ0v) is 23.6. The lowest BCUT2D eigenvalue weighted by Gasteiger charge is -2.32. The van der Waals surface area contributed by atoms with Crippen LogP contribution in [0.3, 0.4) is 0 Å². The van der Waals surface area contributed by atoms with Gasteiger partial charge < -0.3 is 19.2 Å². The van der Waals surface area contributed by atoms with Gasteiger partial charge in [-0.3, -0.25) is 5.43 Å². The van der Waals surface area contributed by atoms with Crippen LogP contribution in [0.1, 0.15) is 88.2 Å². The molecular formula is C28H36N4O5S. The number of hydrogen-bond acceptors (Lipinski definition) is 8. The Kier molecular flexibility index (Phi) is 9.52. The Morgan fingerprint density at radius 3 is 2.26 bits per heavy atom. The molecule has 1 aliphatic heterocycles. The van der Waals surface area contributed by atoms with Crippen LogP contribution in [-0.2, 0) is 14.3 Å². The molecule has 2 aromatic rings. The quantitative estimate of drug-likeness (QED) is 0.314. The minimum atomic E-state index is -0.729. The van der Waals surface area contributed by atoms with Crippen molar-refractivity contribution < 1.29 is 23.9 Å². The average Bonchev–Trinajstić information content (AvgIpc) is 3.31. The predicted octanol–water partition coefficient (Wildman–Crippen LogP) is 4.93. The second-order valence-corrected chi connectivity index (χ2v) is 12.0. The number of piperidine rings is 1. The fourth-order valence-corrected chi connectivity index (χ4v) is 4.64. The van der Waals surface area contributed by atoms with Crippen molar-refractivity contribution in [3.05, 3.63) is 51.5 Å². The number of ether oxygens (including phenoxy) is 2. The zero-order valence-electron chi connectivity index (χ0n) is 22.8. The molecule has 204 valence electrons. The summed E-state index contributed by atoms with van der Waals surface area (Å²) in [6.45, 7) is 12.2. The number of benzene rings is 1. The van der Waals surface area contributed by atoms with Crippen molar-refractivity contribution in [2.45, 2.75) is 77.5 Å². The van der Waals surface area contributed by atoms with Gasteiger partial charge in [-0.2, -0.15) is 0 Å². The van der Waals surface area contributed by atoms with Gasteiger partial charge in [0.2, 0.25) is 0 Å². The minimum Gasteiger partial charge on any atom is -0.444 e. The molecule has 1 aliphatic rings. The Bertz CT molecular complexity index is 1180. The predicted molar refractivity (Wildman–Crippen MR) is 146 cm³/mol. The maximum absolute atomic E-state index is 12.3. The largest absolute Gasteiger partial charge is 0.444 e. The van der Waals surface area contributed by atoms with Crippen molar-refractivity contribution in [1.82, 2.24) is 20.7 Å². The number of aldehydes is 1. The third kappa shape index (κ3) is 9.15. The third-order valence-corrected chi connectivity index (χ3v) is 6.49. The Hall–Kier alpha value is -3.42. The van der Waals surface area contributed by atoms with Crippen molar-refractivity contribution in [3.63, 3.8) is 0 Å². The van der Waals surface area contributed by atoms with Crippen LogP contribution in [0.5, 0.6) is 0 Å². The second-order valence-electron chi connectivity index (χ2n) is 11.1. The highest BCUT2D eigenvalue weighted by atomic mass is 32.1. The first-order chi connectivity index (χ1) is 17.8. The number of likely N-dealkylation sites (tertiary alicyclic amines) is 1. The van der Waals surface area contributed by atoms with Gasteiger partial charge in [-0.05, 0) is 78.0 Å². The lowest BCUT2D eigenvalue weighted by atomic mass is 9.98. The monoisotopic (exact) mass is 540 g/mol. The molecule has 38 heavy (non-hydrogen) atoms. The third-order valence-electron chi connectivity index (χ3n) is 5.49. The number of aromatic nitrogens is 1. The maximum Gasteiger partial charge on any atom is 0.422 e. The molecule has 1 aromatic carbocycles. The van der Waals surface area contributed by atoms with Gasteiger partial charge in [0.05, 0.1) is 5.01 Å². The minimum absolute atomic E-state index is 0.262. The first-order valence-electron chi connectivity index (χ1n) is 12.6. The molecule has 0 aliphatic carbocycles. The van der Waals surface area contributed by atoms with E-state index in [1.807, 2.05) is 38.3 Å². The van der Waals surface area contributed by atoms with Gasteiger partial charge >= 0.3 is 12.2 Å². The second kappa shape index (κ2) is 12.4. The Morgan fingerprint density at radius 1 is 1.05 bits per heavy atom. The van der Waals surface area contributed by atoms with Crippen LogP contribution in [0.2, 0.25) is 0 Å². The molecule has 2 N–H and O–H groups in total. The molecule has 0 spiro atoms. The Morgan fingerprint density at radius 2 is 1.68 bits per heavy atom. The highest BCUT2D eigenvalue weighted by molar-refractivity contribution is 7.09. The molecular weight excluding hydrogens is 504 g/mol. The van der Waals surface area contributed by atoms with Crippen LogP contribution >= 0.6 is 11.3 Å². The molecule has 0 radical (unpaired) electrons. The van der Waals surface area contributed by atoms with Gasteiger partial charge in [0.1, 0.15) is 29.2 Å². The standard InChI is InChI=1S/C28H36N4O5S/c1-27(2,3)36-25(34)31-30-23(17-33)20-10-7-19(8-11-20)9-12-22-18-38-24(29-22)21-13-15-32(16-14-21)26(35)37-28(4,5)6/h7-8,10-11,17-18,21,23,30H,13-16H2,1-6H3,(H,31,34). The highest BCUT2D eigenvalue weighted by Crippen LogP contribution is 2.30. The van der Waals surface area contributed by atoms with E-state index >= 15 is 0 Å². The lowest BCUT2D eigenvalue weighted by Crippen LogP contribution is -2.43. The van der Waals surface area contributed by atoms with Gasteiger partial charge in [-0.1, -0.05) is 18.1 Å². The van der Waals surface area contributed by atoms with E-state index in [-0.39, 0.29) is 6.09 Å². The molecule has 2 amide bonds. The van der Waals surface area contributed by atoms with E-state index in [9.17, 15) is 14.4 Å². The van der Waals surface area contributed by atoms with Crippen LogP contribution in [-0.4, -0.2) is 52.6 Å². The van der Waals surface area contributed by atoms with E-state index in [1.54, 1.807) is 49.1 Å². The highest BCUT2D eigenvalue weighted by Gasteiger charge is 2.28. The normalized spacial score (nSPS) is 15.2. The average molecular weight is 541 g/mol. The summed E-state index contributed by atoms with van der Waals surface area (Å²) < 4.78 is 10.6. The van der Waals surface area contributed by atoms with E-state index in [2.05, 4.69) is 22.7 Å². The van der Waals surface area contributed by atoms with Crippen LogP contribution in [0.25, 0.3) is 0 Å². The molecule has 1 fully saturated rings. The van der Waals surface area contributed by atoms with Gasteiger partial charge in [-0.15, -0.1) is 11.3 Å². The van der Waals surface area contributed by atoms with Crippen LogP contribution < -0.4 is 10.9 Å². The number of hydrazine groups is 1. The van der Waals surface area contributed by atoms with Crippen LogP contribution in [0, 0.1) is 11.8 Å². The number of nitrogens with one attached hydrogen (secondary N) is 2. The molecule has 1 aromatic heterocycles. The van der Waals surface area contributed by atoms with Crippen molar-refractivity contribution in [3.8, 4) is 11.8 Å². The molecule has 1 unspecified atom stereocenters. The van der Waals surface area contributed by atoms with Crippen molar-refractivity contribution in [2.24, 2.45) is 0 Å². The fraction of sp³-hybridized carbons (Fsp3) is 0.500. The first-order valence-corrected chi connectivity index (χ1v) is 13.5. The molecule has 1 atom stereocenters. The lowest BCUT2D eigenvalue weighted by molar-refractivity contribution is -0.109. The summed E-state index contributed by atoms with van der Waals surface area (Å²) in [5.41, 5.74) is 6.09. The zero-order chi connectivity index (χ0) is 27.9. The van der Waals surface area contributed by atoms with Gasteiger partial charge in [0.15, 0.2) is 0 Å². The molecule has 1 saturated heterocycles. The summed E-state index contributed by atoms with van der Waals surface area (Å²) in [7, 11) is 0. The van der Waals surface area contributed by atoms with Crippen LogP contribution in [0.4, 0.5) is 9.59 Å². The smallest absolute Gasteiger partial charge is 0.422 e. The van der Waals surface area contributed by atoms with Crippen molar-refractivity contribution in [2.75, 3.05) is 13.1 Å². The number of amides is 2. The van der Waals surface area contributed by atoms with Gasteiger partial charge in [0, 0.05) is 30.0 Å². The number of nitrogens with zero attached hydrogens (tertiary/aromatic N) is 2. The van der Waals surface area contributed by atoms with Crippen molar-refractivity contribution in [1.29, 1.82) is 0 Å². The maximum atomic E-state index is 12.3. The Labute approximate surface area is 228 Å². The number of carbonyl (C=O) groups is 3. The summed E-state index contributed by atoms with van der Waals surface area (Å²) in [4.78, 5) is 42.1. The summed E-state index contributed by atoms with van der Waals surface area (Å²) >= 11 is 1.59. The van der Waals surface area contributed by atoms with Crippen molar-refractivity contribution >= 4 is 29.8 Å². The SMILES string of the molecule is CC(C)(C)OC(=O)NNC(C=O)c1ccc(C#Cc2csc(C3CCN(C(=O)OC(C)(C)C)CC3)n2)cc1. The fourth-order valence-electron chi connectivity index (χ4n) is 3.71. The summed E-state index contributed by atoms with van der Waals surface area (Å²) in [6, 6.07) is 6.45.